The Morgan fingerprint density at radius 1 is 1.37 bits per heavy atom. The molecule has 0 heterocycles. The Hall–Kier alpha value is -0.450. The van der Waals surface area contributed by atoms with Crippen LogP contribution < -0.4 is 5.32 Å². The van der Waals surface area contributed by atoms with Gasteiger partial charge in [-0.2, -0.15) is 0 Å². The fourth-order valence-corrected chi connectivity index (χ4v) is 3.43. The van der Waals surface area contributed by atoms with Crippen LogP contribution in [-0.2, 0) is 6.42 Å². The Morgan fingerprint density at radius 2 is 2.05 bits per heavy atom. The molecule has 1 aliphatic carbocycles. The first kappa shape index (κ1) is 14.9. The van der Waals surface area contributed by atoms with Crippen molar-refractivity contribution in [2.45, 2.75) is 50.7 Å². The normalized spacial score (nSPS) is 27.5. The third-order valence-electron chi connectivity index (χ3n) is 3.86. The Balaban J connectivity index is 1.98. The van der Waals surface area contributed by atoms with Crippen LogP contribution in [0.25, 0.3) is 0 Å². The minimum atomic E-state index is -0.681. The highest BCUT2D eigenvalue weighted by Crippen LogP contribution is 2.32. The van der Waals surface area contributed by atoms with Crippen LogP contribution in [0.4, 0.5) is 4.39 Å². The van der Waals surface area contributed by atoms with Crippen molar-refractivity contribution >= 4 is 15.9 Å². The van der Waals surface area contributed by atoms with Crippen molar-refractivity contribution in [3.8, 4) is 0 Å². The van der Waals surface area contributed by atoms with Gasteiger partial charge in [-0.25, -0.2) is 4.39 Å². The molecule has 0 aliphatic heterocycles. The molecule has 0 aromatic heterocycles. The second-order valence-corrected chi connectivity index (χ2v) is 6.43. The molecule has 1 aromatic rings. The molecule has 1 fully saturated rings. The molecule has 0 unspecified atom stereocenters. The molecule has 19 heavy (non-hydrogen) atoms. The van der Waals surface area contributed by atoms with Crippen LogP contribution in [0.15, 0.2) is 22.7 Å². The van der Waals surface area contributed by atoms with Crippen LogP contribution >= 0.6 is 15.9 Å². The molecule has 1 aromatic carbocycles. The molecule has 0 spiro atoms. The van der Waals surface area contributed by atoms with Crippen LogP contribution in [0.1, 0.15) is 38.2 Å². The zero-order valence-corrected chi connectivity index (χ0v) is 12.8. The third-order valence-corrected chi connectivity index (χ3v) is 4.32. The molecule has 0 bridgehead atoms. The van der Waals surface area contributed by atoms with Gasteiger partial charge in [0.05, 0.1) is 5.60 Å². The summed E-state index contributed by atoms with van der Waals surface area (Å²) in [7, 11) is 0. The summed E-state index contributed by atoms with van der Waals surface area (Å²) in [5, 5.41) is 14.1. The van der Waals surface area contributed by atoms with Crippen LogP contribution in [0, 0.1) is 5.82 Å². The standard InChI is InChI=1S/C15H21BrFNO/c1-2-18-14-3-5-15(19,6-4-14)10-11-7-12(16)9-13(17)8-11/h7-9,14,18-19H,2-6,10H2,1H3. The average Bonchev–Trinajstić information content (AvgIpc) is 2.31. The van der Waals surface area contributed by atoms with Crippen molar-refractivity contribution in [3.05, 3.63) is 34.1 Å². The topological polar surface area (TPSA) is 32.3 Å². The monoisotopic (exact) mass is 329 g/mol. The lowest BCUT2D eigenvalue weighted by Gasteiger charge is -2.36. The van der Waals surface area contributed by atoms with Crippen molar-refractivity contribution in [1.29, 1.82) is 0 Å². The fourth-order valence-electron chi connectivity index (χ4n) is 2.92. The van der Waals surface area contributed by atoms with E-state index >= 15 is 0 Å². The van der Waals surface area contributed by atoms with E-state index in [-0.39, 0.29) is 5.82 Å². The van der Waals surface area contributed by atoms with Gasteiger partial charge in [0.15, 0.2) is 0 Å². The van der Waals surface area contributed by atoms with Crippen LogP contribution in [0.3, 0.4) is 0 Å². The van der Waals surface area contributed by atoms with Crippen LogP contribution in [-0.4, -0.2) is 23.3 Å². The predicted molar refractivity (Wildman–Crippen MR) is 78.7 cm³/mol. The highest BCUT2D eigenvalue weighted by molar-refractivity contribution is 9.10. The number of benzene rings is 1. The zero-order chi connectivity index (χ0) is 13.9. The van der Waals surface area contributed by atoms with E-state index in [1.54, 1.807) is 0 Å². The molecule has 2 nitrogen and oxygen atoms in total. The lowest BCUT2D eigenvalue weighted by Crippen LogP contribution is -2.42. The van der Waals surface area contributed by atoms with Gasteiger partial charge in [-0.1, -0.05) is 22.9 Å². The summed E-state index contributed by atoms with van der Waals surface area (Å²) in [5.41, 5.74) is 0.176. The van der Waals surface area contributed by atoms with Gasteiger partial charge in [0.25, 0.3) is 0 Å². The molecule has 0 radical (unpaired) electrons. The van der Waals surface area contributed by atoms with E-state index < -0.39 is 5.60 Å². The summed E-state index contributed by atoms with van der Waals surface area (Å²) in [6.45, 7) is 3.07. The Bertz CT molecular complexity index is 410. The highest BCUT2D eigenvalue weighted by atomic mass is 79.9. The predicted octanol–water partition coefficient (Wildman–Crippen LogP) is 3.41. The minimum Gasteiger partial charge on any atom is -0.390 e. The molecular weight excluding hydrogens is 309 g/mol. The van der Waals surface area contributed by atoms with Crippen molar-refractivity contribution in [2.75, 3.05) is 6.54 Å². The summed E-state index contributed by atoms with van der Waals surface area (Å²) in [5.74, 6) is -0.255. The third kappa shape index (κ3) is 4.26. The van der Waals surface area contributed by atoms with Gasteiger partial charge in [-0.3, -0.25) is 0 Å². The van der Waals surface area contributed by atoms with Gasteiger partial charge in [0.2, 0.25) is 0 Å². The van der Waals surface area contributed by atoms with E-state index in [0.717, 1.165) is 42.3 Å². The summed E-state index contributed by atoms with van der Waals surface area (Å²) in [6, 6.07) is 5.36. The number of aliphatic hydroxyl groups is 1. The van der Waals surface area contributed by atoms with Gasteiger partial charge < -0.3 is 10.4 Å². The second-order valence-electron chi connectivity index (χ2n) is 5.51. The molecule has 2 rings (SSSR count). The lowest BCUT2D eigenvalue weighted by molar-refractivity contribution is -0.00299. The molecule has 0 saturated heterocycles. The summed E-state index contributed by atoms with van der Waals surface area (Å²) >= 11 is 3.29. The average molecular weight is 330 g/mol. The summed E-state index contributed by atoms with van der Waals surface area (Å²) in [4.78, 5) is 0. The highest BCUT2D eigenvalue weighted by Gasteiger charge is 2.33. The van der Waals surface area contributed by atoms with Crippen molar-refractivity contribution in [1.82, 2.24) is 5.32 Å². The Kier molecular flexibility index (Phi) is 4.98. The van der Waals surface area contributed by atoms with E-state index in [4.69, 9.17) is 0 Å². The molecule has 1 saturated carbocycles. The largest absolute Gasteiger partial charge is 0.390 e. The number of nitrogens with one attached hydrogen (secondary N) is 1. The maximum Gasteiger partial charge on any atom is 0.124 e. The first-order valence-electron chi connectivity index (χ1n) is 6.91. The Labute approximate surface area is 122 Å². The van der Waals surface area contributed by atoms with Crippen LogP contribution in [0.2, 0.25) is 0 Å². The molecule has 0 amide bonds. The molecule has 0 atom stereocenters. The maximum absolute atomic E-state index is 13.3. The zero-order valence-electron chi connectivity index (χ0n) is 11.3. The minimum absolute atomic E-state index is 0.255. The first-order chi connectivity index (χ1) is 9.00. The van der Waals surface area contributed by atoms with Gasteiger partial charge >= 0.3 is 0 Å². The van der Waals surface area contributed by atoms with Gasteiger partial charge in [-0.15, -0.1) is 0 Å². The smallest absolute Gasteiger partial charge is 0.124 e. The van der Waals surface area contributed by atoms with E-state index in [9.17, 15) is 9.50 Å². The Morgan fingerprint density at radius 3 is 2.63 bits per heavy atom. The van der Waals surface area contributed by atoms with Gasteiger partial charge in [-0.05, 0) is 56.0 Å². The van der Waals surface area contributed by atoms with Crippen LogP contribution in [0.5, 0.6) is 0 Å². The van der Waals surface area contributed by atoms with Gasteiger partial charge in [0, 0.05) is 16.9 Å². The maximum atomic E-state index is 13.3. The summed E-state index contributed by atoms with van der Waals surface area (Å²) in [6.07, 6.45) is 4.06. The molecule has 106 valence electrons. The second kappa shape index (κ2) is 6.33. The molecular formula is C15H21BrFNO. The molecule has 1 aliphatic rings. The fraction of sp³-hybridized carbons (Fsp3) is 0.600. The number of halogens is 2. The number of hydrogen-bond acceptors (Lipinski definition) is 2. The first-order valence-corrected chi connectivity index (χ1v) is 7.71. The van der Waals surface area contributed by atoms with Crippen molar-refractivity contribution < 1.29 is 9.50 Å². The van der Waals surface area contributed by atoms with E-state index in [0.29, 0.717) is 12.5 Å². The quantitative estimate of drug-likeness (QED) is 0.887. The number of rotatable bonds is 4. The lowest BCUT2D eigenvalue weighted by atomic mass is 9.78. The van der Waals surface area contributed by atoms with E-state index in [2.05, 4.69) is 28.2 Å². The van der Waals surface area contributed by atoms with Crippen molar-refractivity contribution in [2.24, 2.45) is 0 Å². The SMILES string of the molecule is CCNC1CCC(O)(Cc2cc(F)cc(Br)c2)CC1. The van der Waals surface area contributed by atoms with E-state index in [1.807, 2.05) is 6.07 Å². The molecule has 2 N–H and O–H groups in total. The number of hydrogen-bond donors (Lipinski definition) is 2. The molecule has 4 heteroatoms. The van der Waals surface area contributed by atoms with E-state index in [1.165, 1.54) is 12.1 Å². The van der Waals surface area contributed by atoms with Crippen molar-refractivity contribution in [3.63, 3.8) is 0 Å². The van der Waals surface area contributed by atoms with Gasteiger partial charge in [0.1, 0.15) is 5.82 Å². The summed E-state index contributed by atoms with van der Waals surface area (Å²) < 4.78 is 14.1.